The van der Waals surface area contributed by atoms with E-state index in [1.54, 1.807) is 0 Å². The van der Waals surface area contributed by atoms with E-state index < -0.39 is 0 Å². The average molecular weight is 336 g/mol. The lowest BCUT2D eigenvalue weighted by Gasteiger charge is -2.11. The summed E-state index contributed by atoms with van der Waals surface area (Å²) >= 11 is 12.7. The number of halogens is 2. The van der Waals surface area contributed by atoms with E-state index in [0.29, 0.717) is 16.6 Å². The van der Waals surface area contributed by atoms with Crippen molar-refractivity contribution in [3.63, 3.8) is 0 Å². The first-order valence-electron chi connectivity index (χ1n) is 7.33. The molecule has 0 radical (unpaired) electrons. The molecule has 6 heteroatoms. The standard InChI is InChI=1S/C16H15Cl2N3O/c17-12-5-4-11-14(9-6-19-20-7-9)13-3-1-2-10(22)8-21(13)16(11)15(12)18/h4-7,10,22H,1-3,8H2,(H,19,20)/t10-/m0/s1. The minimum Gasteiger partial charge on any atom is -0.391 e. The molecule has 2 N–H and O–H groups in total. The number of aromatic amines is 1. The van der Waals surface area contributed by atoms with E-state index in [2.05, 4.69) is 14.8 Å². The van der Waals surface area contributed by atoms with Crippen molar-refractivity contribution >= 4 is 34.1 Å². The molecule has 22 heavy (non-hydrogen) atoms. The van der Waals surface area contributed by atoms with Crippen molar-refractivity contribution in [3.8, 4) is 11.1 Å². The minimum absolute atomic E-state index is 0.357. The van der Waals surface area contributed by atoms with Crippen LogP contribution in [0, 0.1) is 0 Å². The fourth-order valence-corrected chi connectivity index (χ4v) is 3.83. The van der Waals surface area contributed by atoms with Gasteiger partial charge >= 0.3 is 0 Å². The Morgan fingerprint density at radius 2 is 2.18 bits per heavy atom. The molecular weight excluding hydrogens is 321 g/mol. The second-order valence-electron chi connectivity index (χ2n) is 5.72. The minimum atomic E-state index is -0.357. The van der Waals surface area contributed by atoms with Gasteiger partial charge in [0.25, 0.3) is 0 Å². The lowest BCUT2D eigenvalue weighted by molar-refractivity contribution is 0.149. The molecule has 2 aromatic heterocycles. The summed E-state index contributed by atoms with van der Waals surface area (Å²) in [5.74, 6) is 0. The first kappa shape index (κ1) is 14.1. The third-order valence-electron chi connectivity index (χ3n) is 4.35. The van der Waals surface area contributed by atoms with Gasteiger partial charge in [0.2, 0.25) is 0 Å². The van der Waals surface area contributed by atoms with E-state index in [-0.39, 0.29) is 6.10 Å². The van der Waals surface area contributed by atoms with Crippen molar-refractivity contribution in [1.82, 2.24) is 14.8 Å². The van der Waals surface area contributed by atoms with E-state index in [1.165, 1.54) is 5.69 Å². The largest absolute Gasteiger partial charge is 0.391 e. The number of fused-ring (bicyclic) bond motifs is 3. The van der Waals surface area contributed by atoms with Gasteiger partial charge in [0.1, 0.15) is 0 Å². The van der Waals surface area contributed by atoms with Crippen LogP contribution in [0.5, 0.6) is 0 Å². The summed E-state index contributed by atoms with van der Waals surface area (Å²) in [6.07, 6.45) is 6.00. The van der Waals surface area contributed by atoms with Crippen molar-refractivity contribution in [3.05, 3.63) is 40.3 Å². The number of nitrogens with one attached hydrogen (secondary N) is 1. The molecule has 0 fully saturated rings. The number of hydrogen-bond donors (Lipinski definition) is 2. The summed E-state index contributed by atoms with van der Waals surface area (Å²) in [5, 5.41) is 19.3. The van der Waals surface area contributed by atoms with Gasteiger partial charge in [-0.15, -0.1) is 0 Å². The maximum absolute atomic E-state index is 10.2. The van der Waals surface area contributed by atoms with Gasteiger partial charge in [0.15, 0.2) is 0 Å². The van der Waals surface area contributed by atoms with Crippen molar-refractivity contribution in [2.24, 2.45) is 0 Å². The van der Waals surface area contributed by atoms with E-state index in [1.807, 2.05) is 24.5 Å². The Bertz CT molecular complexity index is 839. The van der Waals surface area contributed by atoms with Crippen molar-refractivity contribution in [2.75, 3.05) is 0 Å². The van der Waals surface area contributed by atoms with Crippen LogP contribution >= 0.6 is 23.2 Å². The molecule has 0 unspecified atom stereocenters. The predicted octanol–water partition coefficient (Wildman–Crippen LogP) is 4.04. The van der Waals surface area contributed by atoms with Crippen LogP contribution in [0.1, 0.15) is 18.5 Å². The molecule has 1 atom stereocenters. The zero-order chi connectivity index (χ0) is 15.3. The summed E-state index contributed by atoms with van der Waals surface area (Å²) in [6, 6.07) is 3.83. The van der Waals surface area contributed by atoms with Crippen LogP contribution in [-0.2, 0) is 13.0 Å². The highest BCUT2D eigenvalue weighted by molar-refractivity contribution is 6.45. The number of aliphatic hydroxyl groups is 1. The number of hydrogen-bond acceptors (Lipinski definition) is 2. The zero-order valence-corrected chi connectivity index (χ0v) is 13.3. The molecular formula is C16H15Cl2N3O. The van der Waals surface area contributed by atoms with E-state index in [4.69, 9.17) is 23.2 Å². The SMILES string of the molecule is O[C@H]1CCCc2c(-c3cn[nH]c3)c3ccc(Cl)c(Cl)c3n2C1. The summed E-state index contributed by atoms with van der Waals surface area (Å²) < 4.78 is 2.13. The van der Waals surface area contributed by atoms with Crippen LogP contribution in [0.25, 0.3) is 22.0 Å². The molecule has 4 rings (SSSR count). The molecule has 0 amide bonds. The highest BCUT2D eigenvalue weighted by atomic mass is 35.5. The Kier molecular flexibility index (Phi) is 3.40. The fraction of sp³-hybridized carbons (Fsp3) is 0.312. The molecule has 0 saturated heterocycles. The Labute approximate surface area is 137 Å². The van der Waals surface area contributed by atoms with Gasteiger partial charge in [-0.3, -0.25) is 5.10 Å². The molecule has 1 aliphatic rings. The average Bonchev–Trinajstić information content (AvgIpc) is 3.06. The van der Waals surface area contributed by atoms with Gasteiger partial charge in [0.05, 0.1) is 27.9 Å². The van der Waals surface area contributed by atoms with Gasteiger partial charge in [-0.25, -0.2) is 0 Å². The lowest BCUT2D eigenvalue weighted by Crippen LogP contribution is -2.14. The Morgan fingerprint density at radius 3 is 2.95 bits per heavy atom. The molecule has 0 spiro atoms. The zero-order valence-electron chi connectivity index (χ0n) is 11.8. The van der Waals surface area contributed by atoms with Gasteiger partial charge < -0.3 is 9.67 Å². The number of aromatic nitrogens is 3. The molecule has 1 aromatic carbocycles. The van der Waals surface area contributed by atoms with Gasteiger partial charge in [-0.2, -0.15) is 5.10 Å². The number of H-pyrrole nitrogens is 1. The highest BCUT2D eigenvalue weighted by Gasteiger charge is 2.25. The van der Waals surface area contributed by atoms with Gasteiger partial charge in [-0.05, 0) is 25.3 Å². The van der Waals surface area contributed by atoms with E-state index in [9.17, 15) is 5.11 Å². The summed E-state index contributed by atoms with van der Waals surface area (Å²) in [6.45, 7) is 0.545. The molecule has 114 valence electrons. The number of benzene rings is 1. The molecule has 3 aromatic rings. The van der Waals surface area contributed by atoms with Crippen LogP contribution in [0.2, 0.25) is 10.0 Å². The number of aliphatic hydroxyl groups excluding tert-OH is 1. The Morgan fingerprint density at radius 1 is 1.32 bits per heavy atom. The maximum atomic E-state index is 10.2. The van der Waals surface area contributed by atoms with Crippen LogP contribution in [0.15, 0.2) is 24.5 Å². The molecule has 1 aliphatic heterocycles. The monoisotopic (exact) mass is 335 g/mol. The van der Waals surface area contributed by atoms with Crippen molar-refractivity contribution in [1.29, 1.82) is 0 Å². The molecule has 0 aliphatic carbocycles. The number of nitrogens with zero attached hydrogens (tertiary/aromatic N) is 2. The van der Waals surface area contributed by atoms with Crippen molar-refractivity contribution in [2.45, 2.75) is 31.9 Å². The fourth-order valence-electron chi connectivity index (χ4n) is 3.41. The third-order valence-corrected chi connectivity index (χ3v) is 5.15. The van der Waals surface area contributed by atoms with Crippen LogP contribution in [0.3, 0.4) is 0 Å². The van der Waals surface area contributed by atoms with Gasteiger partial charge in [-0.1, -0.05) is 29.3 Å². The number of rotatable bonds is 1. The van der Waals surface area contributed by atoms with E-state index in [0.717, 1.165) is 41.3 Å². The lowest BCUT2D eigenvalue weighted by atomic mass is 10.0. The van der Waals surface area contributed by atoms with E-state index >= 15 is 0 Å². The Balaban J connectivity index is 2.11. The quantitative estimate of drug-likeness (QED) is 0.705. The summed E-state index contributed by atoms with van der Waals surface area (Å²) in [7, 11) is 0. The Hall–Kier alpha value is -1.49. The summed E-state index contributed by atoms with van der Waals surface area (Å²) in [4.78, 5) is 0. The smallest absolute Gasteiger partial charge is 0.0835 e. The maximum Gasteiger partial charge on any atom is 0.0835 e. The molecule has 0 bridgehead atoms. The molecule has 4 nitrogen and oxygen atoms in total. The highest BCUT2D eigenvalue weighted by Crippen LogP contribution is 2.42. The normalized spacial score (nSPS) is 18.4. The topological polar surface area (TPSA) is 53.8 Å². The molecule has 0 saturated carbocycles. The van der Waals surface area contributed by atoms with Crippen LogP contribution < -0.4 is 0 Å². The van der Waals surface area contributed by atoms with Crippen molar-refractivity contribution < 1.29 is 5.11 Å². The second kappa shape index (κ2) is 5.30. The second-order valence-corrected chi connectivity index (χ2v) is 6.51. The van der Waals surface area contributed by atoms with Gasteiger partial charge in [0, 0.05) is 34.9 Å². The van der Waals surface area contributed by atoms with Crippen LogP contribution in [0.4, 0.5) is 0 Å². The first-order chi connectivity index (χ1) is 10.7. The summed E-state index contributed by atoms with van der Waals surface area (Å²) in [5.41, 5.74) is 4.27. The predicted molar refractivity (Wildman–Crippen MR) is 88.5 cm³/mol. The van der Waals surface area contributed by atoms with Crippen LogP contribution in [-0.4, -0.2) is 26.0 Å². The first-order valence-corrected chi connectivity index (χ1v) is 8.08. The third kappa shape index (κ3) is 2.06. The molecule has 3 heterocycles.